The van der Waals surface area contributed by atoms with Crippen molar-refractivity contribution in [1.29, 1.82) is 0 Å². The third-order valence-electron chi connectivity index (χ3n) is 13.5. The van der Waals surface area contributed by atoms with E-state index in [0.29, 0.717) is 6.42 Å². The lowest BCUT2D eigenvalue weighted by molar-refractivity contribution is -0.302. The highest BCUT2D eigenvalue weighted by molar-refractivity contribution is 5.76. The van der Waals surface area contributed by atoms with Crippen LogP contribution in [0.5, 0.6) is 0 Å². The summed E-state index contributed by atoms with van der Waals surface area (Å²) in [5.74, 6) is -0.173. The van der Waals surface area contributed by atoms with Gasteiger partial charge in [-0.05, 0) is 44.9 Å². The summed E-state index contributed by atoms with van der Waals surface area (Å²) in [6.45, 7) is 3.80. The van der Waals surface area contributed by atoms with Crippen LogP contribution in [0, 0.1) is 0 Å². The first kappa shape index (κ1) is 61.7. The van der Waals surface area contributed by atoms with Gasteiger partial charge in [-0.1, -0.05) is 244 Å². The molecule has 1 amide bonds. The molecule has 6 N–H and O–H groups in total. The average molecular weight is 922 g/mol. The zero-order valence-corrected chi connectivity index (χ0v) is 42.5. The molecule has 9 heteroatoms. The highest BCUT2D eigenvalue weighted by Crippen LogP contribution is 2.23. The normalized spacial score (nSPS) is 20.0. The fourth-order valence-electron chi connectivity index (χ4n) is 9.04. The summed E-state index contributed by atoms with van der Waals surface area (Å²) in [5.41, 5.74) is 0. The average Bonchev–Trinajstić information content (AvgIpc) is 3.31. The van der Waals surface area contributed by atoms with Gasteiger partial charge in [0.2, 0.25) is 5.91 Å². The van der Waals surface area contributed by atoms with Crippen molar-refractivity contribution < 1.29 is 39.8 Å². The van der Waals surface area contributed by atoms with Gasteiger partial charge in [-0.15, -0.1) is 0 Å². The van der Waals surface area contributed by atoms with Gasteiger partial charge in [0.15, 0.2) is 6.29 Å². The van der Waals surface area contributed by atoms with Gasteiger partial charge in [0, 0.05) is 6.42 Å². The largest absolute Gasteiger partial charge is 0.394 e. The Morgan fingerprint density at radius 3 is 1.25 bits per heavy atom. The van der Waals surface area contributed by atoms with E-state index in [-0.39, 0.29) is 12.5 Å². The lowest BCUT2D eigenvalue weighted by Crippen LogP contribution is -2.60. The van der Waals surface area contributed by atoms with Gasteiger partial charge in [0.25, 0.3) is 0 Å². The maximum atomic E-state index is 13.0. The molecular formula is C56H107NO8. The number of rotatable bonds is 48. The molecule has 1 aliphatic rings. The molecule has 1 aliphatic heterocycles. The molecule has 0 bridgehead atoms. The quantitative estimate of drug-likeness (QED) is 0.0261. The van der Waals surface area contributed by atoms with Crippen molar-refractivity contribution in [1.82, 2.24) is 5.32 Å². The Morgan fingerprint density at radius 2 is 0.862 bits per heavy atom. The molecule has 1 heterocycles. The van der Waals surface area contributed by atoms with E-state index in [1.54, 1.807) is 6.08 Å². The molecule has 1 rings (SSSR count). The Labute approximate surface area is 400 Å². The topological polar surface area (TPSA) is 149 Å². The molecule has 0 aromatic carbocycles. The standard InChI is InChI=1S/C56H107NO8/c1-3-5-7-9-11-13-15-17-19-20-21-22-23-24-25-26-27-28-29-30-32-34-36-38-40-42-44-46-52(60)57-49(48-64-56-55(63)54(62)53(61)51(47-58)65-56)50(59)45-43-41-39-37-35-33-31-18-16-14-12-10-8-6-4-2/h20-21,43,45,49-51,53-56,58-59,61-63H,3-19,22-42,44,46-48H2,1-2H3,(H,57,60)/b21-20-,45-43+. The maximum absolute atomic E-state index is 13.0. The summed E-state index contributed by atoms with van der Waals surface area (Å²) in [6, 6.07) is -0.802. The predicted octanol–water partition coefficient (Wildman–Crippen LogP) is 13.4. The van der Waals surface area contributed by atoms with Crippen LogP contribution in [0.4, 0.5) is 0 Å². The fourth-order valence-corrected chi connectivity index (χ4v) is 9.04. The molecule has 0 saturated carbocycles. The third kappa shape index (κ3) is 36.3. The first-order valence-corrected chi connectivity index (χ1v) is 28.1. The van der Waals surface area contributed by atoms with E-state index in [0.717, 1.165) is 38.5 Å². The number of hydrogen-bond acceptors (Lipinski definition) is 8. The molecule has 0 aliphatic carbocycles. The number of aliphatic hydroxyl groups is 5. The second-order valence-corrected chi connectivity index (χ2v) is 19.7. The monoisotopic (exact) mass is 922 g/mol. The minimum absolute atomic E-state index is 0.173. The van der Waals surface area contributed by atoms with Crippen molar-refractivity contribution in [3.63, 3.8) is 0 Å². The van der Waals surface area contributed by atoms with Crippen LogP contribution in [0.3, 0.4) is 0 Å². The third-order valence-corrected chi connectivity index (χ3v) is 13.5. The maximum Gasteiger partial charge on any atom is 0.220 e. The van der Waals surface area contributed by atoms with Crippen molar-refractivity contribution in [2.75, 3.05) is 13.2 Å². The fraction of sp³-hybridized carbons (Fsp3) is 0.911. The van der Waals surface area contributed by atoms with Crippen LogP contribution in [0.1, 0.15) is 271 Å². The molecule has 1 saturated heterocycles. The van der Waals surface area contributed by atoms with E-state index in [4.69, 9.17) is 9.47 Å². The van der Waals surface area contributed by atoms with E-state index in [9.17, 15) is 30.3 Å². The second-order valence-electron chi connectivity index (χ2n) is 19.7. The molecule has 0 spiro atoms. The van der Waals surface area contributed by atoms with E-state index in [1.165, 1.54) is 212 Å². The summed E-state index contributed by atoms with van der Waals surface area (Å²) in [4.78, 5) is 13.0. The van der Waals surface area contributed by atoms with Crippen LogP contribution in [0.25, 0.3) is 0 Å². The zero-order chi connectivity index (χ0) is 47.3. The number of allylic oxidation sites excluding steroid dienone is 3. The summed E-state index contributed by atoms with van der Waals surface area (Å²) in [6.07, 6.45) is 51.0. The SMILES string of the molecule is CCCCCCCCCC/C=C\CCCCCCCCCCCCCCCCCC(=O)NC(COC1OC(CO)C(O)C(O)C1O)C(O)/C=C/CCCCCCCCCCCCCCC. The highest BCUT2D eigenvalue weighted by atomic mass is 16.7. The van der Waals surface area contributed by atoms with E-state index >= 15 is 0 Å². The number of ether oxygens (including phenoxy) is 2. The van der Waals surface area contributed by atoms with Gasteiger partial charge in [-0.3, -0.25) is 4.79 Å². The van der Waals surface area contributed by atoms with Crippen LogP contribution < -0.4 is 5.32 Å². The minimum Gasteiger partial charge on any atom is -0.394 e. The summed E-state index contributed by atoms with van der Waals surface area (Å²) < 4.78 is 11.3. The van der Waals surface area contributed by atoms with E-state index in [1.807, 2.05) is 6.08 Å². The van der Waals surface area contributed by atoms with Crippen molar-refractivity contribution in [2.45, 2.75) is 314 Å². The lowest BCUT2D eigenvalue weighted by Gasteiger charge is -2.40. The van der Waals surface area contributed by atoms with Crippen LogP contribution >= 0.6 is 0 Å². The number of aliphatic hydroxyl groups excluding tert-OH is 5. The highest BCUT2D eigenvalue weighted by Gasteiger charge is 2.44. The number of amides is 1. The van der Waals surface area contributed by atoms with E-state index < -0.39 is 49.5 Å². The smallest absolute Gasteiger partial charge is 0.220 e. The van der Waals surface area contributed by atoms with Gasteiger partial charge in [-0.25, -0.2) is 0 Å². The van der Waals surface area contributed by atoms with Crippen molar-refractivity contribution in [2.24, 2.45) is 0 Å². The van der Waals surface area contributed by atoms with Gasteiger partial charge in [0.1, 0.15) is 24.4 Å². The molecule has 0 aromatic heterocycles. The Balaban J connectivity index is 2.19. The molecule has 7 unspecified atom stereocenters. The van der Waals surface area contributed by atoms with Crippen molar-refractivity contribution >= 4 is 5.91 Å². The van der Waals surface area contributed by atoms with Gasteiger partial charge >= 0.3 is 0 Å². The minimum atomic E-state index is -1.56. The van der Waals surface area contributed by atoms with Gasteiger partial charge < -0.3 is 40.3 Å². The van der Waals surface area contributed by atoms with Crippen LogP contribution in [0.2, 0.25) is 0 Å². The predicted molar refractivity (Wildman–Crippen MR) is 272 cm³/mol. The zero-order valence-electron chi connectivity index (χ0n) is 42.5. The summed E-state index contributed by atoms with van der Waals surface area (Å²) in [5, 5.41) is 54.4. The lowest BCUT2D eigenvalue weighted by atomic mass is 9.99. The molecule has 0 radical (unpaired) electrons. The number of unbranched alkanes of at least 4 members (excludes halogenated alkanes) is 36. The van der Waals surface area contributed by atoms with Crippen LogP contribution in [-0.2, 0) is 14.3 Å². The molecule has 9 nitrogen and oxygen atoms in total. The Morgan fingerprint density at radius 1 is 0.508 bits per heavy atom. The second kappa shape index (κ2) is 46.4. The molecule has 0 aromatic rings. The number of nitrogens with one attached hydrogen (secondary N) is 1. The Hall–Kier alpha value is -1.33. The molecule has 384 valence electrons. The Bertz CT molecular complexity index is 1070. The van der Waals surface area contributed by atoms with E-state index in [2.05, 4.69) is 31.3 Å². The molecule has 65 heavy (non-hydrogen) atoms. The van der Waals surface area contributed by atoms with Crippen LogP contribution in [0.15, 0.2) is 24.3 Å². The summed E-state index contributed by atoms with van der Waals surface area (Å²) in [7, 11) is 0. The first-order chi connectivity index (χ1) is 31.8. The Kier molecular flexibility index (Phi) is 44.0. The first-order valence-electron chi connectivity index (χ1n) is 28.1. The summed E-state index contributed by atoms with van der Waals surface area (Å²) >= 11 is 0. The van der Waals surface area contributed by atoms with Gasteiger partial charge in [-0.2, -0.15) is 0 Å². The molecule has 1 fully saturated rings. The number of carbonyl (C=O) groups excluding carboxylic acids is 1. The van der Waals surface area contributed by atoms with Crippen molar-refractivity contribution in [3.8, 4) is 0 Å². The number of hydrogen-bond donors (Lipinski definition) is 6. The van der Waals surface area contributed by atoms with Crippen molar-refractivity contribution in [3.05, 3.63) is 24.3 Å². The number of carbonyl (C=O) groups is 1. The molecule has 7 atom stereocenters. The molecular weight excluding hydrogens is 815 g/mol. The van der Waals surface area contributed by atoms with Gasteiger partial charge in [0.05, 0.1) is 25.4 Å². The van der Waals surface area contributed by atoms with Crippen LogP contribution in [-0.4, -0.2) is 87.5 Å².